The van der Waals surface area contributed by atoms with E-state index in [-0.39, 0.29) is 0 Å². The molecule has 0 unspecified atom stereocenters. The van der Waals surface area contributed by atoms with Gasteiger partial charge in [0.15, 0.2) is 5.78 Å². The Morgan fingerprint density at radius 2 is 1.82 bits per heavy atom. The molecule has 1 aromatic carbocycles. The minimum Gasteiger partial charge on any atom is -0.293 e. The van der Waals surface area contributed by atoms with Gasteiger partial charge in [0.25, 0.3) is 0 Å². The van der Waals surface area contributed by atoms with Crippen LogP contribution in [-0.4, -0.2) is 20.0 Å². The number of alkyl halides is 3. The quantitative estimate of drug-likeness (QED) is 0.480. The minimum atomic E-state index is -5.05. The van der Waals surface area contributed by atoms with Crippen LogP contribution in [0.4, 0.5) is 17.1 Å². The van der Waals surface area contributed by atoms with Gasteiger partial charge in [-0.15, -0.1) is 3.89 Å². The molecule has 0 amide bonds. The maximum absolute atomic E-state index is 12.3. The van der Waals surface area contributed by atoms with Gasteiger partial charge in [0.05, 0.1) is 5.56 Å². The fourth-order valence-corrected chi connectivity index (χ4v) is 1.59. The maximum atomic E-state index is 12.3. The van der Waals surface area contributed by atoms with E-state index in [0.717, 1.165) is 18.2 Å². The number of benzene rings is 1. The second-order valence-electron chi connectivity index (χ2n) is 3.18. The molecule has 1 rings (SSSR count). The van der Waals surface area contributed by atoms with E-state index in [2.05, 4.69) is 0 Å². The molecule has 0 radical (unpaired) electrons. The maximum Gasteiger partial charge on any atom is 0.416 e. The Kier molecular flexibility index (Phi) is 3.56. The average molecular weight is 270 g/mol. The third kappa shape index (κ3) is 4.14. The van der Waals surface area contributed by atoms with Crippen LogP contribution >= 0.6 is 0 Å². The molecule has 0 aromatic heterocycles. The number of carbonyl (C=O) groups is 1. The van der Waals surface area contributed by atoms with Crippen molar-refractivity contribution in [1.29, 1.82) is 0 Å². The lowest BCUT2D eigenvalue weighted by Crippen LogP contribution is -2.13. The number of rotatable bonds is 3. The van der Waals surface area contributed by atoms with Gasteiger partial charge in [0.2, 0.25) is 0 Å². The van der Waals surface area contributed by atoms with Gasteiger partial charge in [-0.25, -0.2) is 0 Å². The van der Waals surface area contributed by atoms with Crippen LogP contribution in [-0.2, 0) is 16.4 Å². The molecule has 0 spiro atoms. The molecule has 0 saturated heterocycles. The third-order valence-electron chi connectivity index (χ3n) is 1.82. The summed E-state index contributed by atoms with van der Waals surface area (Å²) in [5, 5.41) is 0. The summed E-state index contributed by atoms with van der Waals surface area (Å²) >= 11 is 0. The second-order valence-corrected chi connectivity index (χ2v) is 4.55. The molecule has 0 saturated carbocycles. The first kappa shape index (κ1) is 13.6. The SMILES string of the molecule is O=C(CS(=O)(=O)F)c1cccc(C(F)(F)F)c1. The molecule has 17 heavy (non-hydrogen) atoms. The Bertz CT molecular complexity index is 533. The second kappa shape index (κ2) is 4.44. The van der Waals surface area contributed by atoms with Gasteiger partial charge >= 0.3 is 16.4 Å². The molecule has 1 aromatic rings. The molecule has 0 fully saturated rings. The van der Waals surface area contributed by atoms with Crippen LogP contribution in [0.1, 0.15) is 15.9 Å². The predicted octanol–water partition coefficient (Wildman–Crippen LogP) is 2.19. The van der Waals surface area contributed by atoms with Crippen molar-refractivity contribution >= 4 is 16.0 Å². The lowest BCUT2D eigenvalue weighted by molar-refractivity contribution is -0.137. The summed E-state index contributed by atoms with van der Waals surface area (Å²) in [5.74, 6) is -2.69. The fraction of sp³-hybridized carbons (Fsp3) is 0.222. The molecular weight excluding hydrogens is 264 g/mol. The Morgan fingerprint density at radius 3 is 2.29 bits per heavy atom. The molecule has 0 aliphatic carbocycles. The highest BCUT2D eigenvalue weighted by Crippen LogP contribution is 2.29. The smallest absolute Gasteiger partial charge is 0.293 e. The summed E-state index contributed by atoms with van der Waals surface area (Å²) in [7, 11) is -5.05. The zero-order valence-corrected chi connectivity index (χ0v) is 8.98. The Morgan fingerprint density at radius 1 is 1.24 bits per heavy atom. The molecule has 94 valence electrons. The zero-order valence-electron chi connectivity index (χ0n) is 8.16. The van der Waals surface area contributed by atoms with E-state index < -0.39 is 39.1 Å². The lowest BCUT2D eigenvalue weighted by Gasteiger charge is -2.07. The van der Waals surface area contributed by atoms with Crippen LogP contribution in [0.15, 0.2) is 24.3 Å². The molecule has 0 aliphatic rings. The highest BCUT2D eigenvalue weighted by Gasteiger charge is 2.31. The monoisotopic (exact) mass is 270 g/mol. The number of halogens is 4. The molecule has 0 heterocycles. The van der Waals surface area contributed by atoms with Crippen LogP contribution in [0.2, 0.25) is 0 Å². The third-order valence-corrected chi connectivity index (χ3v) is 2.42. The summed E-state index contributed by atoms with van der Waals surface area (Å²) in [6, 6.07) is 3.14. The average Bonchev–Trinajstić information content (AvgIpc) is 2.14. The Labute approximate surface area is 94.3 Å². The molecule has 0 aliphatic heterocycles. The van der Waals surface area contributed by atoms with Gasteiger partial charge in [-0.1, -0.05) is 12.1 Å². The van der Waals surface area contributed by atoms with E-state index in [1.165, 1.54) is 0 Å². The summed E-state index contributed by atoms with van der Waals surface area (Å²) in [6.45, 7) is 0. The van der Waals surface area contributed by atoms with Gasteiger partial charge in [0.1, 0.15) is 5.75 Å². The number of ketones is 1. The first-order chi connectivity index (χ1) is 7.59. The summed E-state index contributed by atoms with van der Waals surface area (Å²) in [5.41, 5.74) is -1.60. The zero-order chi connectivity index (χ0) is 13.3. The Balaban J connectivity index is 3.05. The van der Waals surface area contributed by atoms with E-state index in [0.29, 0.717) is 6.07 Å². The number of Topliss-reactive ketones (excluding diaryl/α,β-unsaturated/α-hetero) is 1. The predicted molar refractivity (Wildman–Crippen MR) is 50.7 cm³/mol. The van der Waals surface area contributed by atoms with Crippen LogP contribution in [0.3, 0.4) is 0 Å². The van der Waals surface area contributed by atoms with Gasteiger partial charge in [-0.2, -0.15) is 21.6 Å². The minimum absolute atomic E-state index is 0.480. The van der Waals surface area contributed by atoms with Crippen molar-refractivity contribution in [3.8, 4) is 0 Å². The van der Waals surface area contributed by atoms with Crippen LogP contribution in [0, 0.1) is 0 Å². The van der Waals surface area contributed by atoms with Crippen molar-refractivity contribution in [1.82, 2.24) is 0 Å². The lowest BCUT2D eigenvalue weighted by atomic mass is 10.1. The molecule has 3 nitrogen and oxygen atoms in total. The van der Waals surface area contributed by atoms with Crippen LogP contribution < -0.4 is 0 Å². The highest BCUT2D eigenvalue weighted by molar-refractivity contribution is 7.87. The van der Waals surface area contributed by atoms with E-state index in [4.69, 9.17) is 0 Å². The molecule has 0 atom stereocenters. The van der Waals surface area contributed by atoms with Crippen molar-refractivity contribution in [2.45, 2.75) is 6.18 Å². The van der Waals surface area contributed by atoms with Crippen molar-refractivity contribution in [2.75, 3.05) is 5.75 Å². The molecule has 0 N–H and O–H groups in total. The molecular formula is C9H6F4O3S. The summed E-state index contributed by atoms with van der Waals surface area (Å²) < 4.78 is 69.4. The van der Waals surface area contributed by atoms with Crippen molar-refractivity contribution in [3.63, 3.8) is 0 Å². The highest BCUT2D eigenvalue weighted by atomic mass is 32.3. The van der Waals surface area contributed by atoms with Crippen LogP contribution in [0.5, 0.6) is 0 Å². The van der Waals surface area contributed by atoms with Crippen molar-refractivity contribution in [2.24, 2.45) is 0 Å². The summed E-state index contributed by atoms with van der Waals surface area (Å²) in [6.07, 6.45) is -4.65. The standard InChI is InChI=1S/C9H6F4O3S/c10-9(11,12)7-3-1-2-6(4-7)8(14)5-17(13,15)16/h1-4H,5H2. The Hall–Kier alpha value is -1.44. The number of hydrogen-bond acceptors (Lipinski definition) is 3. The molecule has 0 bridgehead atoms. The van der Waals surface area contributed by atoms with Gasteiger partial charge in [-0.3, -0.25) is 4.79 Å². The fourth-order valence-electron chi connectivity index (χ4n) is 1.11. The van der Waals surface area contributed by atoms with Crippen molar-refractivity contribution < 1.29 is 30.3 Å². The topological polar surface area (TPSA) is 51.2 Å². The molecule has 8 heteroatoms. The number of carbonyl (C=O) groups excluding carboxylic acids is 1. The van der Waals surface area contributed by atoms with Crippen LogP contribution in [0.25, 0.3) is 0 Å². The number of hydrogen-bond donors (Lipinski definition) is 0. The van der Waals surface area contributed by atoms with Gasteiger partial charge in [-0.05, 0) is 12.1 Å². The van der Waals surface area contributed by atoms with E-state index in [9.17, 15) is 30.3 Å². The summed E-state index contributed by atoms with van der Waals surface area (Å²) in [4.78, 5) is 11.2. The first-order valence-electron chi connectivity index (χ1n) is 4.22. The normalized spacial score (nSPS) is 12.5. The van der Waals surface area contributed by atoms with Crippen molar-refractivity contribution in [3.05, 3.63) is 35.4 Å². The first-order valence-corrected chi connectivity index (χ1v) is 5.77. The van der Waals surface area contributed by atoms with E-state index in [1.807, 2.05) is 0 Å². The van der Waals surface area contributed by atoms with Gasteiger partial charge in [0, 0.05) is 5.56 Å². The van der Waals surface area contributed by atoms with E-state index >= 15 is 0 Å². The largest absolute Gasteiger partial charge is 0.416 e. The van der Waals surface area contributed by atoms with E-state index in [1.54, 1.807) is 0 Å². The van der Waals surface area contributed by atoms with Gasteiger partial charge < -0.3 is 0 Å².